The number of likely N-dealkylation sites (tertiary alicyclic amines) is 1. The Balaban J connectivity index is 3.39. The number of nitrogens with zero attached hydrogens (tertiary/aromatic N) is 2. The highest BCUT2D eigenvalue weighted by Crippen LogP contribution is 2.21. The van der Waals surface area contributed by atoms with Gasteiger partial charge in [-0.3, -0.25) is 43.3 Å². The van der Waals surface area contributed by atoms with Crippen molar-refractivity contribution in [2.45, 2.75) is 114 Å². The summed E-state index contributed by atoms with van der Waals surface area (Å²) in [6.07, 6.45) is 0.931. The van der Waals surface area contributed by atoms with Gasteiger partial charge in [0, 0.05) is 25.3 Å². The molecule has 0 aromatic heterocycles. The van der Waals surface area contributed by atoms with Gasteiger partial charge in [-0.15, -0.1) is 0 Å². The highest BCUT2D eigenvalue weighted by molar-refractivity contribution is 7.98. The molecule has 1 saturated heterocycles. The molecule has 0 saturated carbocycles. The van der Waals surface area contributed by atoms with Gasteiger partial charge in [-0.2, -0.15) is 24.4 Å². The number of amides is 6. The molecule has 58 heavy (non-hydrogen) atoms. The molecule has 0 unspecified atom stereocenters. The minimum absolute atomic E-state index is 0.0147. The van der Waals surface area contributed by atoms with E-state index in [9.17, 15) is 58.5 Å². The van der Waals surface area contributed by atoms with Crippen LogP contribution in [0.5, 0.6) is 0 Å². The first-order valence-electron chi connectivity index (χ1n) is 18.7. The summed E-state index contributed by atoms with van der Waals surface area (Å²) in [7, 11) is 0. The fraction of sp³-hybridized carbons (Fsp3) is 0.706. The monoisotopic (exact) mass is 862 g/mol. The Hall–Kier alpha value is -4.84. The SMILES string of the molecule is CC[C@H](C)[C@H](N)C(=O)N[C@@H](CCC(=O)O)C(=O)N[C@@H](CC(=O)O)C(=O)N[C@@H](CCCN=C(N)N)C(=O)N1CCC[C@H]1C(=O)N[C@@H](CCSC)C(=O)N[C@@H](CS)C(=O)O. The lowest BCUT2D eigenvalue weighted by Gasteiger charge is -2.31. The molecule has 1 rings (SSSR count). The van der Waals surface area contributed by atoms with Crippen LogP contribution in [0.2, 0.25) is 0 Å². The summed E-state index contributed by atoms with van der Waals surface area (Å²) in [5.74, 6) is -9.71. The Kier molecular flexibility index (Phi) is 23.1. The number of hydrogen-bond acceptors (Lipinski definition) is 13. The van der Waals surface area contributed by atoms with Crippen LogP contribution in [0.4, 0.5) is 0 Å². The number of carboxylic acid groups (broad SMARTS) is 3. The van der Waals surface area contributed by atoms with Crippen molar-refractivity contribution < 1.29 is 58.5 Å². The van der Waals surface area contributed by atoms with Crippen molar-refractivity contribution >= 4 is 83.7 Å². The number of carboxylic acids is 3. The molecule has 1 aliphatic rings. The van der Waals surface area contributed by atoms with E-state index >= 15 is 0 Å². The Morgan fingerprint density at radius 1 is 0.810 bits per heavy atom. The molecule has 0 spiro atoms. The van der Waals surface area contributed by atoms with E-state index in [1.54, 1.807) is 20.1 Å². The van der Waals surface area contributed by atoms with Crippen LogP contribution in [0.1, 0.15) is 71.6 Å². The lowest BCUT2D eigenvalue weighted by molar-refractivity contribution is -0.144. The molecule has 1 fully saturated rings. The number of aliphatic carboxylic acids is 3. The number of hydrogen-bond donors (Lipinski definition) is 12. The van der Waals surface area contributed by atoms with Crippen LogP contribution in [0.15, 0.2) is 4.99 Å². The van der Waals surface area contributed by atoms with Crippen LogP contribution in [0, 0.1) is 5.92 Å². The molecule has 0 radical (unpaired) electrons. The number of thioether (sulfide) groups is 1. The number of carbonyl (C=O) groups excluding carboxylic acids is 6. The zero-order chi connectivity index (χ0) is 44.1. The first-order valence-corrected chi connectivity index (χ1v) is 20.7. The van der Waals surface area contributed by atoms with Crippen LogP contribution < -0.4 is 43.8 Å². The molecule has 14 N–H and O–H groups in total. The van der Waals surface area contributed by atoms with Gasteiger partial charge in [-0.25, -0.2) is 4.79 Å². The summed E-state index contributed by atoms with van der Waals surface area (Å²) in [4.78, 5) is 121. The molecular weight excluding hydrogens is 805 g/mol. The summed E-state index contributed by atoms with van der Waals surface area (Å²) in [6, 6.07) is -9.44. The van der Waals surface area contributed by atoms with Gasteiger partial charge in [0.2, 0.25) is 35.4 Å². The Morgan fingerprint density at radius 3 is 1.91 bits per heavy atom. The van der Waals surface area contributed by atoms with Gasteiger partial charge in [-0.1, -0.05) is 20.3 Å². The largest absolute Gasteiger partial charge is 0.481 e. The van der Waals surface area contributed by atoms with Crippen molar-refractivity contribution in [3.63, 3.8) is 0 Å². The number of thiol groups is 1. The van der Waals surface area contributed by atoms with Crippen LogP contribution in [0.3, 0.4) is 0 Å². The number of aliphatic imine (C=N–C) groups is 1. The number of carbonyl (C=O) groups is 9. The molecule has 8 atom stereocenters. The van der Waals surface area contributed by atoms with Crippen LogP contribution in [-0.4, -0.2) is 153 Å². The Morgan fingerprint density at radius 2 is 1.38 bits per heavy atom. The van der Waals surface area contributed by atoms with Crippen LogP contribution >= 0.6 is 24.4 Å². The third-order valence-electron chi connectivity index (χ3n) is 9.29. The third-order valence-corrected chi connectivity index (χ3v) is 10.3. The van der Waals surface area contributed by atoms with E-state index in [4.69, 9.17) is 17.2 Å². The van der Waals surface area contributed by atoms with Crippen molar-refractivity contribution in [2.75, 3.05) is 30.9 Å². The maximum Gasteiger partial charge on any atom is 0.327 e. The second-order valence-corrected chi connectivity index (χ2v) is 15.0. The predicted molar refractivity (Wildman–Crippen MR) is 215 cm³/mol. The quantitative estimate of drug-likeness (QED) is 0.0169. The fourth-order valence-corrected chi connectivity index (χ4v) is 6.46. The van der Waals surface area contributed by atoms with E-state index in [2.05, 4.69) is 44.2 Å². The van der Waals surface area contributed by atoms with Crippen molar-refractivity contribution in [3.05, 3.63) is 0 Å². The molecule has 1 aliphatic heterocycles. The number of guanidine groups is 1. The zero-order valence-corrected chi connectivity index (χ0v) is 34.5. The predicted octanol–water partition coefficient (Wildman–Crippen LogP) is -3.06. The maximum absolute atomic E-state index is 14.1. The van der Waals surface area contributed by atoms with E-state index in [0.29, 0.717) is 18.6 Å². The molecule has 0 aromatic carbocycles. The molecule has 1 heterocycles. The first-order chi connectivity index (χ1) is 27.3. The lowest BCUT2D eigenvalue weighted by Crippen LogP contribution is -2.60. The molecule has 328 valence electrons. The highest BCUT2D eigenvalue weighted by Gasteiger charge is 2.40. The molecule has 22 nitrogen and oxygen atoms in total. The third kappa shape index (κ3) is 17.7. The van der Waals surface area contributed by atoms with Crippen molar-refractivity contribution in [3.8, 4) is 0 Å². The molecule has 0 bridgehead atoms. The second kappa shape index (κ2) is 26.2. The van der Waals surface area contributed by atoms with Gasteiger partial charge < -0.3 is 64.0 Å². The molecule has 24 heteroatoms. The topological polar surface area (TPSA) is 368 Å². The summed E-state index contributed by atoms with van der Waals surface area (Å²) >= 11 is 5.34. The number of rotatable bonds is 27. The van der Waals surface area contributed by atoms with Crippen molar-refractivity contribution in [2.24, 2.45) is 28.1 Å². The highest BCUT2D eigenvalue weighted by atomic mass is 32.2. The van der Waals surface area contributed by atoms with Gasteiger partial charge >= 0.3 is 17.9 Å². The normalized spacial score (nSPS) is 17.2. The van der Waals surface area contributed by atoms with E-state index in [0.717, 1.165) is 0 Å². The van der Waals surface area contributed by atoms with E-state index in [1.165, 1.54) is 16.7 Å². The van der Waals surface area contributed by atoms with Gasteiger partial charge in [0.15, 0.2) is 5.96 Å². The minimum atomic E-state index is -1.83. The summed E-state index contributed by atoms with van der Waals surface area (Å²) in [6.45, 7) is 3.55. The summed E-state index contributed by atoms with van der Waals surface area (Å²) < 4.78 is 0. The smallest absolute Gasteiger partial charge is 0.327 e. The van der Waals surface area contributed by atoms with E-state index < -0.39 is 115 Å². The lowest BCUT2D eigenvalue weighted by atomic mass is 9.98. The average Bonchev–Trinajstić information content (AvgIpc) is 3.66. The Labute approximate surface area is 345 Å². The summed E-state index contributed by atoms with van der Waals surface area (Å²) in [5, 5.41) is 40.3. The average molecular weight is 863 g/mol. The van der Waals surface area contributed by atoms with Crippen molar-refractivity contribution in [1.82, 2.24) is 31.5 Å². The fourth-order valence-electron chi connectivity index (χ4n) is 5.74. The van der Waals surface area contributed by atoms with Crippen LogP contribution in [0.25, 0.3) is 0 Å². The van der Waals surface area contributed by atoms with E-state index in [-0.39, 0.29) is 56.4 Å². The second-order valence-electron chi connectivity index (χ2n) is 13.7. The summed E-state index contributed by atoms with van der Waals surface area (Å²) in [5.41, 5.74) is 16.8. The van der Waals surface area contributed by atoms with Crippen LogP contribution in [-0.2, 0) is 43.2 Å². The van der Waals surface area contributed by atoms with E-state index in [1.807, 2.05) is 0 Å². The van der Waals surface area contributed by atoms with Gasteiger partial charge in [0.05, 0.1) is 12.5 Å². The first kappa shape index (κ1) is 51.2. The zero-order valence-electron chi connectivity index (χ0n) is 32.8. The number of nitrogens with one attached hydrogen (secondary N) is 5. The molecule has 6 amide bonds. The van der Waals surface area contributed by atoms with Gasteiger partial charge in [-0.05, 0) is 56.5 Å². The van der Waals surface area contributed by atoms with Crippen molar-refractivity contribution in [1.29, 1.82) is 0 Å². The standard InChI is InChI=1S/C34H58N10O12S2/c1-4-17(2)26(35)31(53)40-18(9-10-24(45)46)27(49)42-21(15-25(47)48)29(51)41-20(7-5-12-38-34(36)37)32(54)44-13-6-8-23(44)30(52)39-19(11-14-58-3)28(50)43-22(16-57)33(55)56/h17-23,26,57H,4-16,35H2,1-3H3,(H,39,52)(H,40,53)(H,41,51)(H,42,49)(H,43,50)(H,45,46)(H,47,48)(H,55,56)(H4,36,37,38)/t17-,18-,19-,20-,21-,22-,23-,26-/m0/s1. The van der Waals surface area contributed by atoms with Gasteiger partial charge in [0.25, 0.3) is 0 Å². The Bertz CT molecular complexity index is 1500. The maximum atomic E-state index is 14.1. The molecular formula is C34H58N10O12S2. The molecule has 0 aliphatic carbocycles. The molecule has 0 aromatic rings. The minimum Gasteiger partial charge on any atom is -0.481 e. The number of nitrogens with two attached hydrogens (primary N) is 3. The van der Waals surface area contributed by atoms with Gasteiger partial charge in [0.1, 0.15) is 36.3 Å².